The number of ether oxygens (including phenoxy) is 2. The fourth-order valence-electron chi connectivity index (χ4n) is 5.50. The van der Waals surface area contributed by atoms with E-state index in [2.05, 4.69) is 4.98 Å². The molecule has 37 heavy (non-hydrogen) atoms. The molecule has 0 radical (unpaired) electrons. The number of likely N-dealkylation sites (tertiary alicyclic amines) is 1. The zero-order valence-corrected chi connectivity index (χ0v) is 21.4. The van der Waals surface area contributed by atoms with Crippen LogP contribution in [0.5, 0.6) is 0 Å². The van der Waals surface area contributed by atoms with E-state index in [1.165, 1.54) is 4.90 Å². The zero-order chi connectivity index (χ0) is 26.1. The number of β-lactam (4-membered cyclic amide) rings is 1. The molecule has 2 aliphatic rings. The number of esters is 1. The number of aromatic nitrogens is 1. The minimum atomic E-state index is -0.757. The lowest BCUT2D eigenvalue weighted by molar-refractivity contribution is -0.175. The number of aromatic amines is 1. The first-order valence-corrected chi connectivity index (χ1v) is 12.9. The van der Waals surface area contributed by atoms with Gasteiger partial charge >= 0.3 is 12.1 Å². The summed E-state index contributed by atoms with van der Waals surface area (Å²) in [6.07, 6.45) is 3.01. The number of carbonyl (C=O) groups excluding carboxylic acids is 3. The Morgan fingerprint density at radius 1 is 1.19 bits per heavy atom. The number of para-hydroxylation sites is 1. The first-order valence-electron chi connectivity index (χ1n) is 12.9. The van der Waals surface area contributed by atoms with Crippen LogP contribution in [0.2, 0.25) is 0 Å². The van der Waals surface area contributed by atoms with Gasteiger partial charge in [-0.15, -0.1) is 0 Å². The van der Waals surface area contributed by atoms with Crippen molar-refractivity contribution in [1.29, 1.82) is 0 Å². The average molecular weight is 508 g/mol. The summed E-state index contributed by atoms with van der Waals surface area (Å²) in [6.45, 7) is 6.11. The maximum Gasteiger partial charge on any atom is 0.411 e. The second-order valence-electron chi connectivity index (χ2n) is 10.1. The van der Waals surface area contributed by atoms with Crippen molar-refractivity contribution >= 4 is 28.9 Å². The number of hydrogen-bond acceptors (Lipinski definition) is 6. The number of H-pyrrole nitrogens is 1. The van der Waals surface area contributed by atoms with E-state index >= 15 is 0 Å². The number of amides is 2. The Kier molecular flexibility index (Phi) is 6.95. The Balaban J connectivity index is 1.47. The standard InChI is InChI=1S/C28H33N3O6/c1-4-35-27(33)21(14-17(2)3)30-20(12-11-19-9-7-13-29-19)25(26(30)32)31-22(16-36-28(31)34)24-15-18-8-5-6-10-23(18)37-24/h5-10,13,15,17,20-22,25,29H,4,11-12,14,16H2,1-3H3/t20?,21?,22-,25?/m1/s1. The topological polar surface area (TPSA) is 105 Å². The van der Waals surface area contributed by atoms with Crippen LogP contribution in [-0.2, 0) is 25.5 Å². The van der Waals surface area contributed by atoms with Gasteiger partial charge in [0.1, 0.15) is 36.1 Å². The molecule has 2 amide bonds. The number of cyclic esters (lactones) is 1. The molecule has 5 rings (SSSR count). The van der Waals surface area contributed by atoms with E-state index in [0.717, 1.165) is 11.1 Å². The minimum absolute atomic E-state index is 0.0963. The molecule has 2 saturated heterocycles. The molecule has 0 aliphatic carbocycles. The minimum Gasteiger partial charge on any atom is -0.464 e. The molecule has 4 heterocycles. The number of nitrogens with zero attached hydrogens (tertiary/aromatic N) is 2. The van der Waals surface area contributed by atoms with Crippen LogP contribution < -0.4 is 0 Å². The molecular formula is C28H33N3O6. The molecule has 0 saturated carbocycles. The molecule has 1 aromatic carbocycles. The van der Waals surface area contributed by atoms with Crippen molar-refractivity contribution in [3.05, 3.63) is 60.1 Å². The van der Waals surface area contributed by atoms with Crippen LogP contribution in [0.3, 0.4) is 0 Å². The predicted molar refractivity (Wildman–Crippen MR) is 136 cm³/mol. The van der Waals surface area contributed by atoms with Gasteiger partial charge in [0, 0.05) is 17.3 Å². The number of fused-ring (bicyclic) bond motifs is 1. The average Bonchev–Trinajstić information content (AvgIpc) is 3.61. The summed E-state index contributed by atoms with van der Waals surface area (Å²) in [6, 6.07) is 11.0. The monoisotopic (exact) mass is 507 g/mol. The van der Waals surface area contributed by atoms with Gasteiger partial charge in [0.2, 0.25) is 5.91 Å². The molecule has 196 valence electrons. The Hall–Kier alpha value is -3.75. The quantitative estimate of drug-likeness (QED) is 0.321. The number of benzene rings is 1. The molecule has 1 N–H and O–H groups in total. The van der Waals surface area contributed by atoms with E-state index in [1.54, 1.807) is 11.8 Å². The van der Waals surface area contributed by atoms with Gasteiger partial charge in [0.05, 0.1) is 12.6 Å². The van der Waals surface area contributed by atoms with Crippen LogP contribution >= 0.6 is 0 Å². The highest BCUT2D eigenvalue weighted by Gasteiger charge is 2.59. The lowest BCUT2D eigenvalue weighted by Gasteiger charge is -2.53. The zero-order valence-electron chi connectivity index (χ0n) is 21.4. The highest BCUT2D eigenvalue weighted by Crippen LogP contribution is 2.41. The van der Waals surface area contributed by atoms with Crippen molar-refractivity contribution in [2.45, 2.75) is 64.2 Å². The molecule has 2 aromatic heterocycles. The summed E-state index contributed by atoms with van der Waals surface area (Å²) in [5, 5.41) is 0.918. The van der Waals surface area contributed by atoms with E-state index < -0.39 is 30.2 Å². The van der Waals surface area contributed by atoms with Crippen LogP contribution in [0.25, 0.3) is 11.0 Å². The Morgan fingerprint density at radius 2 is 2.00 bits per heavy atom. The van der Waals surface area contributed by atoms with Crippen LogP contribution in [0.4, 0.5) is 4.79 Å². The molecule has 0 spiro atoms. The smallest absolute Gasteiger partial charge is 0.411 e. The Bertz CT molecular complexity index is 1230. The first kappa shape index (κ1) is 24.9. The second kappa shape index (κ2) is 10.3. The van der Waals surface area contributed by atoms with Crippen molar-refractivity contribution in [2.24, 2.45) is 5.92 Å². The summed E-state index contributed by atoms with van der Waals surface area (Å²) < 4.78 is 16.9. The van der Waals surface area contributed by atoms with E-state index in [9.17, 15) is 14.4 Å². The van der Waals surface area contributed by atoms with Crippen LogP contribution in [0, 0.1) is 5.92 Å². The lowest BCUT2D eigenvalue weighted by atomic mass is 9.84. The largest absolute Gasteiger partial charge is 0.464 e. The van der Waals surface area contributed by atoms with Gasteiger partial charge in [0.25, 0.3) is 0 Å². The fraction of sp³-hybridized carbons (Fsp3) is 0.464. The van der Waals surface area contributed by atoms with Gasteiger partial charge in [-0.2, -0.15) is 0 Å². The molecule has 2 fully saturated rings. The van der Waals surface area contributed by atoms with E-state index in [0.29, 0.717) is 30.6 Å². The molecule has 4 atom stereocenters. The van der Waals surface area contributed by atoms with Gasteiger partial charge in [-0.1, -0.05) is 32.0 Å². The van der Waals surface area contributed by atoms with Crippen LogP contribution in [0.15, 0.2) is 53.1 Å². The number of furan rings is 1. The van der Waals surface area contributed by atoms with Gasteiger partial charge in [-0.05, 0) is 56.4 Å². The third-order valence-corrected chi connectivity index (χ3v) is 7.17. The molecular weight excluding hydrogens is 474 g/mol. The number of aryl methyl sites for hydroxylation is 1. The fourth-order valence-corrected chi connectivity index (χ4v) is 5.50. The van der Waals surface area contributed by atoms with Crippen molar-refractivity contribution in [2.75, 3.05) is 13.2 Å². The van der Waals surface area contributed by atoms with Gasteiger partial charge in [0.15, 0.2) is 0 Å². The highest BCUT2D eigenvalue weighted by atomic mass is 16.6. The van der Waals surface area contributed by atoms with E-state index in [-0.39, 0.29) is 31.1 Å². The highest BCUT2D eigenvalue weighted by molar-refractivity contribution is 5.96. The number of hydrogen-bond donors (Lipinski definition) is 1. The Labute approximate surface area is 215 Å². The predicted octanol–water partition coefficient (Wildman–Crippen LogP) is 4.44. The van der Waals surface area contributed by atoms with E-state index in [4.69, 9.17) is 13.9 Å². The third kappa shape index (κ3) is 4.70. The summed E-state index contributed by atoms with van der Waals surface area (Å²) in [5.74, 6) is 0.0664. The van der Waals surface area contributed by atoms with Gasteiger partial charge in [-0.25, -0.2) is 9.59 Å². The van der Waals surface area contributed by atoms with Crippen LogP contribution in [-0.4, -0.2) is 64.1 Å². The maximum atomic E-state index is 13.8. The molecule has 3 aromatic rings. The molecule has 9 heteroatoms. The summed E-state index contributed by atoms with van der Waals surface area (Å²) in [7, 11) is 0. The second-order valence-corrected chi connectivity index (χ2v) is 10.1. The van der Waals surface area contributed by atoms with Gasteiger partial charge in [-0.3, -0.25) is 9.69 Å². The first-order chi connectivity index (χ1) is 17.9. The number of nitrogens with one attached hydrogen (secondary N) is 1. The van der Waals surface area contributed by atoms with Crippen molar-refractivity contribution in [1.82, 2.24) is 14.8 Å². The normalized spacial score (nSPS) is 22.4. The Morgan fingerprint density at radius 3 is 2.70 bits per heavy atom. The lowest BCUT2D eigenvalue weighted by Crippen LogP contribution is -2.74. The van der Waals surface area contributed by atoms with E-state index in [1.807, 2.05) is 62.5 Å². The summed E-state index contributed by atoms with van der Waals surface area (Å²) in [4.78, 5) is 46.1. The number of carbonyl (C=O) groups is 3. The van der Waals surface area contributed by atoms with Crippen molar-refractivity contribution in [3.63, 3.8) is 0 Å². The molecule has 0 bridgehead atoms. The molecule has 9 nitrogen and oxygen atoms in total. The third-order valence-electron chi connectivity index (χ3n) is 7.17. The SMILES string of the molecule is CCOC(=O)C(CC(C)C)N1C(=O)C(N2C(=O)OC[C@@H]2c2cc3ccccc3o2)C1CCc1ccc[nH]1. The number of rotatable bonds is 10. The van der Waals surface area contributed by atoms with Crippen LogP contribution in [0.1, 0.15) is 51.1 Å². The summed E-state index contributed by atoms with van der Waals surface area (Å²) >= 11 is 0. The van der Waals surface area contributed by atoms with Gasteiger partial charge < -0.3 is 23.8 Å². The molecule has 2 aliphatic heterocycles. The van der Waals surface area contributed by atoms with Crippen molar-refractivity contribution in [3.8, 4) is 0 Å². The van der Waals surface area contributed by atoms with Crippen molar-refractivity contribution < 1.29 is 28.3 Å². The summed E-state index contributed by atoms with van der Waals surface area (Å²) in [5.41, 5.74) is 1.73. The maximum absolute atomic E-state index is 13.8. The molecule has 3 unspecified atom stereocenters.